The van der Waals surface area contributed by atoms with E-state index in [1.165, 1.54) is 6.07 Å². The maximum Gasteiger partial charge on any atom is 0.254 e. The predicted molar refractivity (Wildman–Crippen MR) is 94.7 cm³/mol. The number of ether oxygens (including phenoxy) is 2. The largest absolute Gasteiger partial charge is 0.508 e. The summed E-state index contributed by atoms with van der Waals surface area (Å²) in [6, 6.07) is 12.2. The molecule has 6 nitrogen and oxygen atoms in total. The van der Waals surface area contributed by atoms with Crippen LogP contribution in [0, 0.1) is 0 Å². The molecule has 3 heterocycles. The molecule has 2 fully saturated rings. The van der Waals surface area contributed by atoms with Crippen LogP contribution in [-0.2, 0) is 16.1 Å². The third-order valence-corrected chi connectivity index (χ3v) is 4.98. The number of rotatable bonds is 4. The molecule has 1 N–H and O–H groups in total. The van der Waals surface area contributed by atoms with Gasteiger partial charge in [-0.2, -0.15) is 0 Å². The molecule has 26 heavy (non-hydrogen) atoms. The highest BCUT2D eigenvalue weighted by Gasteiger charge is 2.49. The normalized spacial score (nSPS) is 21.4. The Balaban J connectivity index is 1.32. The molecule has 1 aromatic carbocycles. The third-order valence-electron chi connectivity index (χ3n) is 4.98. The summed E-state index contributed by atoms with van der Waals surface area (Å²) in [7, 11) is 0. The highest BCUT2D eigenvalue weighted by Crippen LogP contribution is 2.36. The number of hydrogen-bond acceptors (Lipinski definition) is 5. The number of aromatic nitrogens is 1. The molecule has 2 aliphatic heterocycles. The van der Waals surface area contributed by atoms with Crippen molar-refractivity contribution in [2.24, 2.45) is 0 Å². The summed E-state index contributed by atoms with van der Waals surface area (Å²) in [6.07, 6.45) is 3.52. The van der Waals surface area contributed by atoms with E-state index < -0.39 is 0 Å². The molecule has 136 valence electrons. The molecule has 6 heteroatoms. The molecule has 0 bridgehead atoms. The second-order valence-electron chi connectivity index (χ2n) is 6.99. The van der Waals surface area contributed by atoms with Crippen molar-refractivity contribution in [1.82, 2.24) is 9.88 Å². The van der Waals surface area contributed by atoms with Gasteiger partial charge in [0.05, 0.1) is 31.5 Å². The topological polar surface area (TPSA) is 71.9 Å². The quantitative estimate of drug-likeness (QED) is 0.913. The van der Waals surface area contributed by atoms with Gasteiger partial charge in [-0.1, -0.05) is 12.1 Å². The molecule has 0 aliphatic carbocycles. The zero-order valence-electron chi connectivity index (χ0n) is 14.5. The van der Waals surface area contributed by atoms with Gasteiger partial charge in [-0.3, -0.25) is 9.78 Å². The van der Waals surface area contributed by atoms with Gasteiger partial charge < -0.3 is 19.5 Å². The third kappa shape index (κ3) is 3.57. The van der Waals surface area contributed by atoms with Gasteiger partial charge in [-0.15, -0.1) is 0 Å². The minimum Gasteiger partial charge on any atom is -0.508 e. The minimum atomic E-state index is -0.306. The number of nitrogens with zero attached hydrogens (tertiary/aromatic N) is 2. The first kappa shape index (κ1) is 17.0. The Morgan fingerprint density at radius 2 is 2.19 bits per heavy atom. The number of phenols is 1. The lowest BCUT2D eigenvalue weighted by Crippen LogP contribution is -2.67. The fourth-order valence-corrected chi connectivity index (χ4v) is 3.65. The van der Waals surface area contributed by atoms with E-state index in [4.69, 9.17) is 9.47 Å². The van der Waals surface area contributed by atoms with Crippen LogP contribution in [0.4, 0.5) is 0 Å². The lowest BCUT2D eigenvalue weighted by atomic mass is 9.84. The molecule has 2 aliphatic rings. The molecule has 4 rings (SSSR count). The molecule has 1 atom stereocenters. The number of aromatic hydroxyl groups is 1. The molecule has 1 aromatic heterocycles. The number of hydrogen-bond donors (Lipinski definition) is 1. The van der Waals surface area contributed by atoms with Gasteiger partial charge in [0.15, 0.2) is 0 Å². The first-order chi connectivity index (χ1) is 12.6. The summed E-state index contributed by atoms with van der Waals surface area (Å²) in [6.45, 7) is 2.25. The maximum absolute atomic E-state index is 12.5. The van der Waals surface area contributed by atoms with Crippen molar-refractivity contribution >= 4 is 5.91 Å². The number of amides is 1. The van der Waals surface area contributed by atoms with E-state index in [-0.39, 0.29) is 23.4 Å². The van der Waals surface area contributed by atoms with E-state index in [9.17, 15) is 9.90 Å². The van der Waals surface area contributed by atoms with Crippen LogP contribution in [-0.4, -0.2) is 52.3 Å². The van der Waals surface area contributed by atoms with E-state index in [0.29, 0.717) is 31.9 Å². The summed E-state index contributed by atoms with van der Waals surface area (Å²) >= 11 is 0. The Hall–Kier alpha value is -2.44. The number of phenolic OH excluding ortho intramolecular Hbond substituents is 1. The number of carbonyl (C=O) groups excluding carboxylic acids is 1. The molecule has 0 unspecified atom stereocenters. The monoisotopic (exact) mass is 354 g/mol. The van der Waals surface area contributed by atoms with Crippen LogP contribution < -0.4 is 0 Å². The molecular formula is C20H22N2O4. The molecule has 0 radical (unpaired) electrons. The molecule has 2 aromatic rings. The number of pyridine rings is 1. The van der Waals surface area contributed by atoms with Crippen molar-refractivity contribution < 1.29 is 19.4 Å². The predicted octanol–water partition coefficient (Wildman–Crippen LogP) is 2.38. The van der Waals surface area contributed by atoms with Crippen LogP contribution in [0.15, 0.2) is 48.7 Å². The van der Waals surface area contributed by atoms with Crippen LogP contribution in [0.2, 0.25) is 0 Å². The van der Waals surface area contributed by atoms with Gasteiger partial charge in [0.25, 0.3) is 5.91 Å². The Morgan fingerprint density at radius 1 is 1.31 bits per heavy atom. The highest BCUT2D eigenvalue weighted by molar-refractivity contribution is 5.95. The van der Waals surface area contributed by atoms with Crippen LogP contribution in [0.5, 0.6) is 5.75 Å². The lowest BCUT2D eigenvalue weighted by molar-refractivity contribution is -0.188. The van der Waals surface area contributed by atoms with E-state index >= 15 is 0 Å². The zero-order chi connectivity index (χ0) is 18.0. The van der Waals surface area contributed by atoms with E-state index in [1.807, 2.05) is 18.2 Å². The zero-order valence-corrected chi connectivity index (χ0v) is 14.5. The van der Waals surface area contributed by atoms with Crippen LogP contribution in [0.3, 0.4) is 0 Å². The summed E-state index contributed by atoms with van der Waals surface area (Å²) in [5.41, 5.74) is 1.11. The van der Waals surface area contributed by atoms with Crippen molar-refractivity contribution in [3.05, 3.63) is 59.9 Å². The Morgan fingerprint density at radius 3 is 2.96 bits per heavy atom. The average Bonchev–Trinajstić information content (AvgIpc) is 2.65. The summed E-state index contributed by atoms with van der Waals surface area (Å²) in [5, 5.41) is 9.55. The standard InChI is InChI=1S/C20H22N2O4/c23-17-6-3-4-15(10-17)19(24)22-13-20(14-22)11-18(7-9-26-20)25-12-16-5-1-2-8-21-16/h1-6,8,10,18,23H,7,9,11-14H2/t18-/m1/s1. The Kier molecular flexibility index (Phi) is 4.61. The van der Waals surface area contributed by atoms with Gasteiger partial charge in [-0.25, -0.2) is 0 Å². The van der Waals surface area contributed by atoms with Gasteiger partial charge in [0.1, 0.15) is 11.4 Å². The molecule has 1 spiro atoms. The van der Waals surface area contributed by atoms with E-state index in [1.54, 1.807) is 29.3 Å². The smallest absolute Gasteiger partial charge is 0.254 e. The highest BCUT2D eigenvalue weighted by atomic mass is 16.5. The van der Waals surface area contributed by atoms with Crippen molar-refractivity contribution in [3.63, 3.8) is 0 Å². The van der Waals surface area contributed by atoms with Crippen LogP contribution in [0.1, 0.15) is 28.9 Å². The fourth-order valence-electron chi connectivity index (χ4n) is 3.65. The summed E-state index contributed by atoms with van der Waals surface area (Å²) < 4.78 is 12.0. The van der Waals surface area contributed by atoms with Crippen LogP contribution >= 0.6 is 0 Å². The van der Waals surface area contributed by atoms with Gasteiger partial charge in [-0.05, 0) is 36.8 Å². The van der Waals surface area contributed by atoms with Crippen molar-refractivity contribution in [2.45, 2.75) is 31.2 Å². The van der Waals surface area contributed by atoms with E-state index in [2.05, 4.69) is 4.98 Å². The molecule has 2 saturated heterocycles. The average molecular weight is 354 g/mol. The maximum atomic E-state index is 12.5. The summed E-state index contributed by atoms with van der Waals surface area (Å²) in [4.78, 5) is 18.6. The number of likely N-dealkylation sites (tertiary alicyclic amines) is 1. The Bertz CT molecular complexity index is 774. The summed E-state index contributed by atoms with van der Waals surface area (Å²) in [5.74, 6) is 0.0228. The van der Waals surface area contributed by atoms with Crippen molar-refractivity contribution in [2.75, 3.05) is 19.7 Å². The van der Waals surface area contributed by atoms with Crippen molar-refractivity contribution in [1.29, 1.82) is 0 Å². The van der Waals surface area contributed by atoms with E-state index in [0.717, 1.165) is 18.5 Å². The molecule has 0 saturated carbocycles. The molecule has 1 amide bonds. The SMILES string of the molecule is O=C(c1cccc(O)c1)N1CC2(C[C@H](OCc3ccccn3)CCO2)C1. The minimum absolute atomic E-state index is 0.0772. The van der Waals surface area contributed by atoms with Gasteiger partial charge in [0.2, 0.25) is 0 Å². The van der Waals surface area contributed by atoms with Crippen molar-refractivity contribution in [3.8, 4) is 5.75 Å². The van der Waals surface area contributed by atoms with Gasteiger partial charge in [0, 0.05) is 24.8 Å². The molecular weight excluding hydrogens is 332 g/mol. The van der Waals surface area contributed by atoms with Gasteiger partial charge >= 0.3 is 0 Å². The number of carbonyl (C=O) groups is 1. The Labute approximate surface area is 152 Å². The van der Waals surface area contributed by atoms with Crippen LogP contribution in [0.25, 0.3) is 0 Å². The lowest BCUT2D eigenvalue weighted by Gasteiger charge is -2.53. The number of benzene rings is 1. The second-order valence-corrected chi connectivity index (χ2v) is 6.99. The first-order valence-electron chi connectivity index (χ1n) is 8.87. The second kappa shape index (κ2) is 7.05. The fraction of sp³-hybridized carbons (Fsp3) is 0.400. The first-order valence-corrected chi connectivity index (χ1v) is 8.87.